The number of aliphatic hydroxyl groups is 1. The molecule has 0 unspecified atom stereocenters. The third kappa shape index (κ3) is 5.43. The van der Waals surface area contributed by atoms with Crippen LogP contribution in [0.15, 0.2) is 52.6 Å². The summed E-state index contributed by atoms with van der Waals surface area (Å²) in [5, 5.41) is 14.7. The average Bonchev–Trinajstić information content (AvgIpc) is 3.00. The molecule has 2 N–H and O–H groups in total. The van der Waals surface area contributed by atoms with E-state index in [9.17, 15) is 13.5 Å². The third-order valence-corrected chi connectivity index (χ3v) is 4.69. The van der Waals surface area contributed by atoms with Crippen LogP contribution in [0.5, 0.6) is 0 Å². The second-order valence-corrected chi connectivity index (χ2v) is 6.94. The Morgan fingerprint density at radius 1 is 1.24 bits per heavy atom. The minimum absolute atomic E-state index is 0.193. The van der Waals surface area contributed by atoms with Gasteiger partial charge in [-0.15, -0.1) is 0 Å². The molecular weight excluding hydrogens is 306 g/mol. The first kappa shape index (κ1) is 15.9. The molecule has 4 nitrogen and oxygen atoms in total. The van der Waals surface area contributed by atoms with Gasteiger partial charge in [0.25, 0.3) is 0 Å². The summed E-state index contributed by atoms with van der Waals surface area (Å²) >= 11 is 1.50. The topological polar surface area (TPSA) is 66.4 Å². The van der Waals surface area contributed by atoms with Crippen molar-refractivity contribution < 1.29 is 13.5 Å². The standard InChI is InChI=1S/C15H17NO3S2/c17-15(14-7-10-20-12-14)6-9-16-21(18,19)11-8-13-4-2-1-3-5-13/h1-5,7-8,10-12,15-17H,6,9H2/b11-8+/t15-/m1/s1. The van der Waals surface area contributed by atoms with Crippen LogP contribution in [0.2, 0.25) is 0 Å². The van der Waals surface area contributed by atoms with Crippen LogP contribution in [0.25, 0.3) is 6.08 Å². The van der Waals surface area contributed by atoms with Crippen LogP contribution < -0.4 is 4.72 Å². The Bertz CT molecular complexity index is 664. The van der Waals surface area contributed by atoms with Gasteiger partial charge in [0.05, 0.1) is 6.10 Å². The van der Waals surface area contributed by atoms with Gasteiger partial charge in [0.2, 0.25) is 10.0 Å². The lowest BCUT2D eigenvalue weighted by atomic mass is 10.1. The van der Waals surface area contributed by atoms with Crippen molar-refractivity contribution in [2.45, 2.75) is 12.5 Å². The van der Waals surface area contributed by atoms with Gasteiger partial charge in [-0.1, -0.05) is 30.3 Å². The van der Waals surface area contributed by atoms with Crippen LogP contribution in [-0.4, -0.2) is 20.1 Å². The highest BCUT2D eigenvalue weighted by Gasteiger charge is 2.10. The van der Waals surface area contributed by atoms with Gasteiger partial charge in [-0.3, -0.25) is 0 Å². The molecule has 0 amide bonds. The van der Waals surface area contributed by atoms with Gasteiger partial charge in [0, 0.05) is 12.0 Å². The van der Waals surface area contributed by atoms with Gasteiger partial charge < -0.3 is 5.11 Å². The Morgan fingerprint density at radius 2 is 2.00 bits per heavy atom. The lowest BCUT2D eigenvalue weighted by Crippen LogP contribution is -2.23. The molecule has 0 saturated carbocycles. The Hall–Kier alpha value is -1.47. The number of hydrogen-bond acceptors (Lipinski definition) is 4. The maximum absolute atomic E-state index is 11.8. The average molecular weight is 323 g/mol. The van der Waals surface area contributed by atoms with E-state index in [1.807, 2.05) is 47.2 Å². The zero-order valence-electron chi connectivity index (χ0n) is 11.3. The predicted molar refractivity (Wildman–Crippen MR) is 86.3 cm³/mol. The van der Waals surface area contributed by atoms with Crippen LogP contribution in [0, 0.1) is 0 Å². The molecule has 0 saturated heterocycles. The van der Waals surface area contributed by atoms with E-state index in [2.05, 4.69) is 4.72 Å². The zero-order valence-corrected chi connectivity index (χ0v) is 13.0. The number of thiophene rings is 1. The second kappa shape index (κ2) is 7.51. The highest BCUT2D eigenvalue weighted by Crippen LogP contribution is 2.18. The quantitative estimate of drug-likeness (QED) is 0.823. The number of hydrogen-bond donors (Lipinski definition) is 2. The monoisotopic (exact) mass is 323 g/mol. The summed E-state index contributed by atoms with van der Waals surface area (Å²) < 4.78 is 26.0. The van der Waals surface area contributed by atoms with Crippen molar-refractivity contribution >= 4 is 27.4 Å². The van der Waals surface area contributed by atoms with Gasteiger partial charge in [-0.2, -0.15) is 11.3 Å². The number of nitrogens with one attached hydrogen (secondary N) is 1. The second-order valence-electron chi connectivity index (χ2n) is 4.51. The highest BCUT2D eigenvalue weighted by atomic mass is 32.2. The molecule has 1 heterocycles. The lowest BCUT2D eigenvalue weighted by molar-refractivity contribution is 0.169. The first-order chi connectivity index (χ1) is 10.1. The van der Waals surface area contributed by atoms with Crippen molar-refractivity contribution in [2.24, 2.45) is 0 Å². The number of aliphatic hydroxyl groups excluding tert-OH is 1. The van der Waals surface area contributed by atoms with Crippen molar-refractivity contribution in [2.75, 3.05) is 6.54 Å². The molecule has 112 valence electrons. The molecular formula is C15H17NO3S2. The van der Waals surface area contributed by atoms with Crippen molar-refractivity contribution in [1.29, 1.82) is 0 Å². The largest absolute Gasteiger partial charge is 0.388 e. The molecule has 0 spiro atoms. The van der Waals surface area contributed by atoms with E-state index in [1.54, 1.807) is 0 Å². The Labute approximate surface area is 128 Å². The van der Waals surface area contributed by atoms with E-state index in [4.69, 9.17) is 0 Å². The van der Waals surface area contributed by atoms with Gasteiger partial charge in [-0.25, -0.2) is 13.1 Å². The summed E-state index contributed by atoms with van der Waals surface area (Å²) in [6.45, 7) is 0.193. The van der Waals surface area contributed by atoms with E-state index in [0.717, 1.165) is 16.5 Å². The minimum atomic E-state index is -3.48. The van der Waals surface area contributed by atoms with Crippen molar-refractivity contribution in [3.63, 3.8) is 0 Å². The van der Waals surface area contributed by atoms with Gasteiger partial charge >= 0.3 is 0 Å². The van der Waals surface area contributed by atoms with E-state index < -0.39 is 16.1 Å². The summed E-state index contributed by atoms with van der Waals surface area (Å²) in [6, 6.07) is 11.0. The van der Waals surface area contributed by atoms with Crippen LogP contribution in [0.3, 0.4) is 0 Å². The molecule has 21 heavy (non-hydrogen) atoms. The molecule has 0 aliphatic rings. The van der Waals surface area contributed by atoms with Crippen LogP contribution in [0.4, 0.5) is 0 Å². The van der Waals surface area contributed by atoms with Gasteiger partial charge in [0.1, 0.15) is 0 Å². The molecule has 1 aromatic carbocycles. The van der Waals surface area contributed by atoms with E-state index in [-0.39, 0.29) is 6.54 Å². The number of benzene rings is 1. The van der Waals surface area contributed by atoms with Gasteiger partial charge in [-0.05, 0) is 40.5 Å². The van der Waals surface area contributed by atoms with Crippen molar-refractivity contribution in [1.82, 2.24) is 4.72 Å². The SMILES string of the molecule is O=S(=O)(/C=C/c1ccccc1)NCC[C@@H](O)c1ccsc1. The fourth-order valence-electron chi connectivity index (χ4n) is 1.75. The maximum Gasteiger partial charge on any atom is 0.233 e. The molecule has 1 aromatic heterocycles. The molecule has 0 aliphatic heterocycles. The fraction of sp³-hybridized carbons (Fsp3) is 0.200. The summed E-state index contributed by atoms with van der Waals surface area (Å²) in [6.07, 6.45) is 1.24. The first-order valence-corrected chi connectivity index (χ1v) is 8.99. The minimum Gasteiger partial charge on any atom is -0.388 e. The summed E-state index contributed by atoms with van der Waals surface area (Å²) in [7, 11) is -3.48. The Balaban J connectivity index is 1.83. The van der Waals surface area contributed by atoms with Crippen LogP contribution in [0.1, 0.15) is 23.7 Å². The van der Waals surface area contributed by atoms with Gasteiger partial charge in [0.15, 0.2) is 0 Å². The van der Waals surface area contributed by atoms with Crippen molar-refractivity contribution in [3.8, 4) is 0 Å². The molecule has 6 heteroatoms. The summed E-state index contributed by atoms with van der Waals surface area (Å²) in [4.78, 5) is 0. The van der Waals surface area contributed by atoms with Crippen LogP contribution >= 0.6 is 11.3 Å². The molecule has 1 atom stereocenters. The third-order valence-electron chi connectivity index (χ3n) is 2.89. The normalized spacial score (nSPS) is 13.6. The smallest absolute Gasteiger partial charge is 0.233 e. The zero-order chi connectivity index (χ0) is 15.1. The molecule has 0 radical (unpaired) electrons. The summed E-state index contributed by atoms with van der Waals surface area (Å²) in [5.41, 5.74) is 1.64. The maximum atomic E-state index is 11.8. The molecule has 0 bridgehead atoms. The molecule has 2 rings (SSSR count). The number of rotatable bonds is 7. The predicted octanol–water partition coefficient (Wildman–Crippen LogP) is 2.76. The number of sulfonamides is 1. The highest BCUT2D eigenvalue weighted by molar-refractivity contribution is 7.92. The van der Waals surface area contributed by atoms with Crippen LogP contribution in [-0.2, 0) is 10.0 Å². The Morgan fingerprint density at radius 3 is 2.67 bits per heavy atom. The van der Waals surface area contributed by atoms with E-state index >= 15 is 0 Å². The molecule has 0 aliphatic carbocycles. The van der Waals surface area contributed by atoms with Crippen molar-refractivity contribution in [3.05, 3.63) is 63.7 Å². The van der Waals surface area contributed by atoms with E-state index in [0.29, 0.717) is 6.42 Å². The lowest BCUT2D eigenvalue weighted by Gasteiger charge is -2.08. The molecule has 0 fully saturated rings. The summed E-state index contributed by atoms with van der Waals surface area (Å²) in [5.74, 6) is 0. The fourth-order valence-corrected chi connectivity index (χ4v) is 3.29. The molecule has 2 aromatic rings. The Kier molecular flexibility index (Phi) is 5.69. The first-order valence-electron chi connectivity index (χ1n) is 6.50. The van der Waals surface area contributed by atoms with E-state index in [1.165, 1.54) is 17.4 Å².